The van der Waals surface area contributed by atoms with Gasteiger partial charge in [0.25, 0.3) is 0 Å². The fourth-order valence-electron chi connectivity index (χ4n) is 2.61. The van der Waals surface area contributed by atoms with Gasteiger partial charge in [-0.15, -0.1) is 0 Å². The number of anilines is 1. The third-order valence-electron chi connectivity index (χ3n) is 3.99. The Labute approximate surface area is 189 Å². The number of aryl methyl sites for hydroxylation is 1. The lowest BCUT2D eigenvalue weighted by Crippen LogP contribution is -2.25. The molecular formula is C22H24IN3O4. The minimum atomic E-state index is -0.509. The number of ether oxygens (including phenoxy) is 2. The van der Waals surface area contributed by atoms with Gasteiger partial charge in [0, 0.05) is 5.69 Å². The van der Waals surface area contributed by atoms with Crippen LogP contribution in [0.3, 0.4) is 0 Å². The summed E-state index contributed by atoms with van der Waals surface area (Å²) in [5.41, 5.74) is 4.79. The van der Waals surface area contributed by atoms with Crippen LogP contribution in [-0.2, 0) is 16.0 Å². The molecule has 2 amide bonds. The summed E-state index contributed by atoms with van der Waals surface area (Å²) in [6.45, 7) is 5.99. The molecule has 30 heavy (non-hydrogen) atoms. The first kappa shape index (κ1) is 23.4. The van der Waals surface area contributed by atoms with E-state index in [0.717, 1.165) is 15.6 Å². The Hall–Kier alpha value is -2.88. The summed E-state index contributed by atoms with van der Waals surface area (Å²) in [5.74, 6) is 0.252. The van der Waals surface area contributed by atoms with Crippen LogP contribution in [0.1, 0.15) is 24.5 Å². The SMILES string of the molecule is C=CCOc1c(I)cc(C=NNC(=O)CC(=O)Nc2ccccc2CC)cc1OC. The van der Waals surface area contributed by atoms with Crippen LogP contribution < -0.4 is 20.2 Å². The number of amides is 2. The van der Waals surface area contributed by atoms with E-state index < -0.39 is 11.8 Å². The van der Waals surface area contributed by atoms with Gasteiger partial charge in [-0.2, -0.15) is 5.10 Å². The Balaban J connectivity index is 1.94. The van der Waals surface area contributed by atoms with Gasteiger partial charge in [-0.05, 0) is 58.3 Å². The number of hydrogen-bond acceptors (Lipinski definition) is 5. The molecule has 0 atom stereocenters. The third-order valence-corrected chi connectivity index (χ3v) is 4.79. The summed E-state index contributed by atoms with van der Waals surface area (Å²) in [7, 11) is 1.55. The molecule has 0 unspecified atom stereocenters. The zero-order valence-electron chi connectivity index (χ0n) is 16.9. The van der Waals surface area contributed by atoms with E-state index in [1.807, 2.05) is 37.3 Å². The second-order valence-electron chi connectivity index (χ2n) is 6.16. The lowest BCUT2D eigenvalue weighted by molar-refractivity contribution is -0.126. The van der Waals surface area contributed by atoms with Gasteiger partial charge < -0.3 is 14.8 Å². The highest BCUT2D eigenvalue weighted by Crippen LogP contribution is 2.33. The summed E-state index contributed by atoms with van der Waals surface area (Å²) in [5, 5.41) is 6.68. The fraction of sp³-hybridized carbons (Fsp3) is 0.227. The standard InChI is InChI=1S/C22H24IN3O4/c1-4-10-30-22-17(23)11-15(12-19(22)29-3)14-24-26-21(28)13-20(27)25-18-9-7-6-8-16(18)5-2/h4,6-9,11-12,14H,1,5,10,13H2,2-3H3,(H,25,27)(H,26,28). The minimum Gasteiger partial charge on any atom is -0.493 e. The predicted molar refractivity (Wildman–Crippen MR) is 126 cm³/mol. The summed E-state index contributed by atoms with van der Waals surface area (Å²) in [4.78, 5) is 24.1. The van der Waals surface area contributed by atoms with Gasteiger partial charge >= 0.3 is 0 Å². The highest BCUT2D eigenvalue weighted by Gasteiger charge is 2.12. The molecular weight excluding hydrogens is 497 g/mol. The lowest BCUT2D eigenvalue weighted by Gasteiger charge is -2.12. The van der Waals surface area contributed by atoms with Gasteiger partial charge in [0.1, 0.15) is 13.0 Å². The molecule has 0 saturated carbocycles. The van der Waals surface area contributed by atoms with Gasteiger partial charge in [-0.1, -0.05) is 37.8 Å². The maximum atomic E-state index is 12.1. The van der Waals surface area contributed by atoms with Crippen molar-refractivity contribution >= 4 is 46.3 Å². The van der Waals surface area contributed by atoms with Crippen molar-refractivity contribution < 1.29 is 19.1 Å². The van der Waals surface area contributed by atoms with Crippen molar-refractivity contribution in [2.45, 2.75) is 19.8 Å². The van der Waals surface area contributed by atoms with E-state index in [9.17, 15) is 9.59 Å². The normalized spacial score (nSPS) is 10.5. The third kappa shape index (κ3) is 6.87. The van der Waals surface area contributed by atoms with Gasteiger partial charge in [0.2, 0.25) is 11.8 Å². The molecule has 0 aliphatic rings. The quantitative estimate of drug-likeness (QED) is 0.163. The summed E-state index contributed by atoms with van der Waals surface area (Å²) in [6.07, 6.45) is 3.58. The summed E-state index contributed by atoms with van der Waals surface area (Å²) in [6, 6.07) is 11.1. The molecule has 0 aliphatic carbocycles. The summed E-state index contributed by atoms with van der Waals surface area (Å²) >= 11 is 2.13. The van der Waals surface area contributed by atoms with Crippen molar-refractivity contribution in [3.63, 3.8) is 0 Å². The fourth-order valence-corrected chi connectivity index (χ4v) is 3.39. The van der Waals surface area contributed by atoms with Gasteiger partial charge in [0.05, 0.1) is 16.9 Å². The Bertz CT molecular complexity index is 944. The molecule has 0 spiro atoms. The largest absolute Gasteiger partial charge is 0.493 e. The number of hydrazone groups is 1. The first-order valence-electron chi connectivity index (χ1n) is 9.29. The van der Waals surface area contributed by atoms with Crippen molar-refractivity contribution in [1.29, 1.82) is 0 Å². The number of methoxy groups -OCH3 is 1. The molecule has 0 radical (unpaired) electrons. The monoisotopic (exact) mass is 521 g/mol. The first-order chi connectivity index (χ1) is 14.5. The molecule has 7 nitrogen and oxygen atoms in total. The second kappa shape index (κ2) is 12.0. The molecule has 0 bridgehead atoms. The van der Waals surface area contributed by atoms with Crippen LogP contribution in [0, 0.1) is 3.57 Å². The van der Waals surface area contributed by atoms with E-state index in [4.69, 9.17) is 9.47 Å². The maximum absolute atomic E-state index is 12.1. The van der Waals surface area contributed by atoms with Crippen molar-refractivity contribution in [3.8, 4) is 11.5 Å². The minimum absolute atomic E-state index is 0.329. The van der Waals surface area contributed by atoms with Crippen LogP contribution in [0.4, 0.5) is 5.69 Å². The zero-order chi connectivity index (χ0) is 21.9. The number of carbonyl (C=O) groups excluding carboxylic acids is 2. The van der Waals surface area contributed by atoms with Crippen molar-refractivity contribution in [1.82, 2.24) is 5.43 Å². The van der Waals surface area contributed by atoms with Crippen LogP contribution in [0.2, 0.25) is 0 Å². The predicted octanol–water partition coefficient (Wildman–Crippen LogP) is 3.91. The second-order valence-corrected chi connectivity index (χ2v) is 7.32. The smallest absolute Gasteiger partial charge is 0.249 e. The van der Waals surface area contributed by atoms with Crippen LogP contribution in [0.15, 0.2) is 54.2 Å². The van der Waals surface area contributed by atoms with E-state index in [1.165, 1.54) is 6.21 Å². The number of carbonyl (C=O) groups is 2. The molecule has 8 heteroatoms. The Kier molecular flexibility index (Phi) is 9.33. The van der Waals surface area contributed by atoms with Gasteiger partial charge in [-0.3, -0.25) is 9.59 Å². The Morgan fingerprint density at radius 1 is 1.23 bits per heavy atom. The molecule has 0 saturated heterocycles. The molecule has 2 aromatic carbocycles. The van der Waals surface area contributed by atoms with Crippen molar-refractivity contribution in [3.05, 3.63) is 63.8 Å². The van der Waals surface area contributed by atoms with Crippen LogP contribution in [0.5, 0.6) is 11.5 Å². The number of nitrogens with zero attached hydrogens (tertiary/aromatic N) is 1. The molecule has 2 aromatic rings. The average Bonchev–Trinajstić information content (AvgIpc) is 2.72. The molecule has 0 aliphatic heterocycles. The van der Waals surface area contributed by atoms with Crippen LogP contribution in [0.25, 0.3) is 0 Å². The Morgan fingerprint density at radius 3 is 2.70 bits per heavy atom. The summed E-state index contributed by atoms with van der Waals surface area (Å²) < 4.78 is 11.8. The van der Waals surface area contributed by atoms with E-state index in [-0.39, 0.29) is 6.42 Å². The molecule has 0 heterocycles. The van der Waals surface area contributed by atoms with E-state index in [1.54, 1.807) is 19.3 Å². The highest BCUT2D eigenvalue weighted by atomic mass is 127. The number of rotatable bonds is 10. The highest BCUT2D eigenvalue weighted by molar-refractivity contribution is 14.1. The number of benzene rings is 2. The topological polar surface area (TPSA) is 89.0 Å². The van der Waals surface area contributed by atoms with Crippen molar-refractivity contribution in [2.75, 3.05) is 19.0 Å². The van der Waals surface area contributed by atoms with Gasteiger partial charge in [0.15, 0.2) is 11.5 Å². The first-order valence-corrected chi connectivity index (χ1v) is 10.4. The number of halogens is 1. The van der Waals surface area contributed by atoms with E-state index in [0.29, 0.717) is 29.4 Å². The van der Waals surface area contributed by atoms with E-state index >= 15 is 0 Å². The average molecular weight is 521 g/mol. The molecule has 2 N–H and O–H groups in total. The maximum Gasteiger partial charge on any atom is 0.249 e. The van der Waals surface area contributed by atoms with Gasteiger partial charge in [-0.25, -0.2) is 5.43 Å². The number of nitrogens with one attached hydrogen (secondary N) is 2. The zero-order valence-corrected chi connectivity index (χ0v) is 19.1. The Morgan fingerprint density at radius 2 is 2.00 bits per heavy atom. The number of hydrogen-bond donors (Lipinski definition) is 2. The molecule has 0 aromatic heterocycles. The molecule has 2 rings (SSSR count). The van der Waals surface area contributed by atoms with E-state index in [2.05, 4.69) is 45.0 Å². The molecule has 158 valence electrons. The van der Waals surface area contributed by atoms with Crippen LogP contribution >= 0.6 is 22.6 Å². The lowest BCUT2D eigenvalue weighted by atomic mass is 10.1. The number of para-hydroxylation sites is 1. The van der Waals surface area contributed by atoms with Crippen LogP contribution in [-0.4, -0.2) is 31.7 Å². The molecule has 0 fully saturated rings. The van der Waals surface area contributed by atoms with Crippen molar-refractivity contribution in [2.24, 2.45) is 5.10 Å².